The average molecular weight is 272 g/mol. The van der Waals surface area contributed by atoms with E-state index < -0.39 is 25.6 Å². The second kappa shape index (κ2) is 5.95. The van der Waals surface area contributed by atoms with Crippen LogP contribution in [0.4, 0.5) is 0 Å². The van der Waals surface area contributed by atoms with E-state index in [2.05, 4.69) is 4.72 Å². The van der Waals surface area contributed by atoms with Gasteiger partial charge in [-0.15, -0.1) is 0 Å². The Hall–Kier alpha value is -0.180. The van der Waals surface area contributed by atoms with Crippen LogP contribution in [0.15, 0.2) is 0 Å². The lowest BCUT2D eigenvalue weighted by molar-refractivity contribution is 0.453. The van der Waals surface area contributed by atoms with Gasteiger partial charge in [0.25, 0.3) is 0 Å². The number of nitrogens with one attached hydrogen (secondary N) is 1. The minimum Gasteiger partial charge on any atom is -0.330 e. The molecule has 2 atom stereocenters. The Balaban J connectivity index is 4.37. The van der Waals surface area contributed by atoms with Gasteiger partial charge >= 0.3 is 0 Å². The third-order valence-corrected chi connectivity index (χ3v) is 4.99. The van der Waals surface area contributed by atoms with Gasteiger partial charge < -0.3 is 5.73 Å². The predicted molar refractivity (Wildman–Crippen MR) is 64.3 cm³/mol. The molecule has 0 radical (unpaired) electrons. The summed E-state index contributed by atoms with van der Waals surface area (Å²) in [6.07, 6.45) is 1.01. The standard InChI is InChI=1S/C8H20N2O4S2/c1-7(6-9)8(2)10-16(13,14)5-4-15(3,11)12/h7-8,10H,4-6,9H2,1-3H3. The number of rotatable bonds is 7. The van der Waals surface area contributed by atoms with E-state index in [4.69, 9.17) is 5.73 Å². The molecule has 98 valence electrons. The smallest absolute Gasteiger partial charge is 0.212 e. The van der Waals surface area contributed by atoms with Gasteiger partial charge in [-0.25, -0.2) is 21.6 Å². The van der Waals surface area contributed by atoms with E-state index in [9.17, 15) is 16.8 Å². The van der Waals surface area contributed by atoms with Crippen LogP contribution in [0.5, 0.6) is 0 Å². The van der Waals surface area contributed by atoms with Crippen LogP contribution in [0.1, 0.15) is 13.8 Å². The summed E-state index contributed by atoms with van der Waals surface area (Å²) in [5.41, 5.74) is 5.40. The third-order valence-electron chi connectivity index (χ3n) is 2.31. The lowest BCUT2D eigenvalue weighted by Gasteiger charge is -2.19. The molecule has 0 aromatic rings. The van der Waals surface area contributed by atoms with E-state index in [1.807, 2.05) is 6.92 Å². The fourth-order valence-electron chi connectivity index (χ4n) is 0.924. The second-order valence-corrected chi connectivity index (χ2v) is 8.20. The molecule has 0 rings (SSSR count). The van der Waals surface area contributed by atoms with E-state index in [-0.39, 0.29) is 17.7 Å². The zero-order valence-electron chi connectivity index (χ0n) is 9.80. The van der Waals surface area contributed by atoms with Gasteiger partial charge in [-0.3, -0.25) is 0 Å². The summed E-state index contributed by atoms with van der Waals surface area (Å²) < 4.78 is 47.1. The second-order valence-electron chi connectivity index (χ2n) is 4.07. The van der Waals surface area contributed by atoms with Crippen LogP contribution < -0.4 is 10.5 Å². The summed E-state index contributed by atoms with van der Waals surface area (Å²) in [7, 11) is -6.82. The number of hydrogen-bond acceptors (Lipinski definition) is 5. The van der Waals surface area contributed by atoms with E-state index in [0.717, 1.165) is 6.26 Å². The molecule has 0 fully saturated rings. The van der Waals surface area contributed by atoms with E-state index in [1.165, 1.54) is 0 Å². The van der Waals surface area contributed by atoms with Gasteiger partial charge in [-0.1, -0.05) is 6.92 Å². The molecule has 2 unspecified atom stereocenters. The highest BCUT2D eigenvalue weighted by Crippen LogP contribution is 2.02. The van der Waals surface area contributed by atoms with Crippen molar-refractivity contribution >= 4 is 19.9 Å². The number of sulfonamides is 1. The van der Waals surface area contributed by atoms with Crippen molar-refractivity contribution in [2.75, 3.05) is 24.3 Å². The zero-order chi connectivity index (χ0) is 13.0. The summed E-state index contributed by atoms with van der Waals surface area (Å²) in [6, 6.07) is -0.297. The highest BCUT2D eigenvalue weighted by atomic mass is 32.2. The minimum atomic E-state index is -3.55. The molecule has 3 N–H and O–H groups in total. The molecule has 16 heavy (non-hydrogen) atoms. The van der Waals surface area contributed by atoms with Crippen molar-refractivity contribution in [2.24, 2.45) is 11.7 Å². The molecular formula is C8H20N2O4S2. The summed E-state index contributed by atoms with van der Waals surface area (Å²) >= 11 is 0. The van der Waals surface area contributed by atoms with Gasteiger partial charge in [-0.05, 0) is 19.4 Å². The van der Waals surface area contributed by atoms with E-state index >= 15 is 0 Å². The van der Waals surface area contributed by atoms with Gasteiger partial charge in [0.05, 0.1) is 11.5 Å². The molecule has 0 amide bonds. The maximum absolute atomic E-state index is 11.5. The Bertz CT molecular complexity index is 402. The Kier molecular flexibility index (Phi) is 5.88. The zero-order valence-corrected chi connectivity index (χ0v) is 11.4. The third kappa shape index (κ3) is 7.15. The Morgan fingerprint density at radius 2 is 1.62 bits per heavy atom. The number of nitrogens with two attached hydrogens (primary N) is 1. The molecule has 0 heterocycles. The molecule has 6 nitrogen and oxygen atoms in total. The minimum absolute atomic E-state index is 0.00742. The normalized spacial score (nSPS) is 17.0. The van der Waals surface area contributed by atoms with Crippen molar-refractivity contribution in [1.29, 1.82) is 0 Å². The molecule has 0 aliphatic rings. The van der Waals surface area contributed by atoms with Crippen molar-refractivity contribution in [2.45, 2.75) is 19.9 Å². The maximum Gasteiger partial charge on any atom is 0.212 e. The van der Waals surface area contributed by atoms with E-state index in [0.29, 0.717) is 6.54 Å². The lowest BCUT2D eigenvalue weighted by Crippen LogP contribution is -2.41. The van der Waals surface area contributed by atoms with Crippen molar-refractivity contribution in [3.8, 4) is 0 Å². The van der Waals surface area contributed by atoms with Crippen LogP contribution in [-0.4, -0.2) is 47.2 Å². The van der Waals surface area contributed by atoms with Crippen molar-refractivity contribution < 1.29 is 16.8 Å². The first kappa shape index (κ1) is 15.8. The van der Waals surface area contributed by atoms with Crippen LogP contribution >= 0.6 is 0 Å². The largest absolute Gasteiger partial charge is 0.330 e. The monoisotopic (exact) mass is 272 g/mol. The predicted octanol–water partition coefficient (Wildman–Crippen LogP) is -1.07. The Morgan fingerprint density at radius 3 is 2.00 bits per heavy atom. The van der Waals surface area contributed by atoms with Crippen molar-refractivity contribution in [3.05, 3.63) is 0 Å². The topological polar surface area (TPSA) is 106 Å². The quantitative estimate of drug-likeness (QED) is 0.614. The van der Waals surface area contributed by atoms with Crippen molar-refractivity contribution in [3.63, 3.8) is 0 Å². The average Bonchev–Trinajstić information content (AvgIpc) is 2.12. The molecule has 0 saturated heterocycles. The number of hydrogen-bond donors (Lipinski definition) is 2. The molecule has 0 aliphatic heterocycles. The van der Waals surface area contributed by atoms with Crippen LogP contribution in [-0.2, 0) is 19.9 Å². The Labute approximate surface area is 97.6 Å². The maximum atomic E-state index is 11.5. The summed E-state index contributed by atoms with van der Waals surface area (Å²) in [5, 5.41) is 0. The SMILES string of the molecule is CC(CN)C(C)NS(=O)(=O)CCS(C)(=O)=O. The summed E-state index contributed by atoms with van der Waals surface area (Å²) in [6.45, 7) is 3.90. The molecule has 0 spiro atoms. The Morgan fingerprint density at radius 1 is 1.12 bits per heavy atom. The van der Waals surface area contributed by atoms with Crippen LogP contribution in [0.2, 0.25) is 0 Å². The highest BCUT2D eigenvalue weighted by Gasteiger charge is 2.19. The van der Waals surface area contributed by atoms with Gasteiger partial charge in [-0.2, -0.15) is 0 Å². The fourth-order valence-corrected chi connectivity index (χ4v) is 3.93. The first-order chi connectivity index (χ1) is 7.07. The van der Waals surface area contributed by atoms with Crippen LogP contribution in [0.25, 0.3) is 0 Å². The molecule has 0 aromatic heterocycles. The first-order valence-corrected chi connectivity index (χ1v) is 8.66. The van der Waals surface area contributed by atoms with Crippen LogP contribution in [0.3, 0.4) is 0 Å². The first-order valence-electron chi connectivity index (χ1n) is 4.95. The number of sulfone groups is 1. The molecule has 0 aliphatic carbocycles. The summed E-state index contributed by atoms with van der Waals surface area (Å²) in [4.78, 5) is 0. The lowest BCUT2D eigenvalue weighted by atomic mass is 10.1. The van der Waals surface area contributed by atoms with E-state index in [1.54, 1.807) is 6.92 Å². The van der Waals surface area contributed by atoms with Gasteiger partial charge in [0.1, 0.15) is 9.84 Å². The highest BCUT2D eigenvalue weighted by molar-refractivity contribution is 7.93. The molecule has 8 heteroatoms. The van der Waals surface area contributed by atoms with Gasteiger partial charge in [0.2, 0.25) is 10.0 Å². The van der Waals surface area contributed by atoms with Gasteiger partial charge in [0.15, 0.2) is 0 Å². The van der Waals surface area contributed by atoms with Gasteiger partial charge in [0, 0.05) is 12.3 Å². The molecule has 0 saturated carbocycles. The van der Waals surface area contributed by atoms with Crippen LogP contribution in [0, 0.1) is 5.92 Å². The fraction of sp³-hybridized carbons (Fsp3) is 1.00. The molecule has 0 aromatic carbocycles. The molecule has 0 bridgehead atoms. The van der Waals surface area contributed by atoms with Crippen molar-refractivity contribution in [1.82, 2.24) is 4.72 Å². The molecular weight excluding hydrogens is 252 g/mol. The summed E-state index contributed by atoms with van der Waals surface area (Å²) in [5.74, 6) is -0.771.